The van der Waals surface area contributed by atoms with Crippen LogP contribution in [-0.2, 0) is 20.8 Å². The molecule has 0 spiro atoms. The van der Waals surface area contributed by atoms with Gasteiger partial charge in [-0.1, -0.05) is 30.3 Å². The van der Waals surface area contributed by atoms with Gasteiger partial charge in [0, 0.05) is 13.1 Å². The van der Waals surface area contributed by atoms with Crippen LogP contribution in [0, 0.1) is 0 Å². The van der Waals surface area contributed by atoms with Crippen molar-refractivity contribution in [1.29, 1.82) is 0 Å². The van der Waals surface area contributed by atoms with Crippen LogP contribution in [0.4, 0.5) is 4.79 Å². The summed E-state index contributed by atoms with van der Waals surface area (Å²) in [6.45, 7) is 5.95. The number of carbonyl (C=O) groups excluding carboxylic acids is 4. The summed E-state index contributed by atoms with van der Waals surface area (Å²) < 4.78 is 0. The number of imide groups is 1. The first-order chi connectivity index (χ1) is 13.6. The number of urea groups is 1. The monoisotopic (exact) mass is 401 g/mol. The third kappa shape index (κ3) is 4.24. The van der Waals surface area contributed by atoms with Crippen molar-refractivity contribution in [1.82, 2.24) is 26.0 Å². The molecule has 2 heterocycles. The molecule has 2 fully saturated rings. The fraction of sp³-hybridized carbons (Fsp3) is 0.500. The Balaban J connectivity index is 1.60. The Kier molecular flexibility index (Phi) is 5.61. The summed E-state index contributed by atoms with van der Waals surface area (Å²) >= 11 is 0. The van der Waals surface area contributed by atoms with Gasteiger partial charge in [-0.05, 0) is 39.2 Å². The minimum atomic E-state index is -1.09. The number of rotatable bonds is 6. The predicted octanol–water partition coefficient (Wildman–Crippen LogP) is 0.171. The third-order valence-electron chi connectivity index (χ3n) is 5.60. The van der Waals surface area contributed by atoms with Crippen molar-refractivity contribution in [3.8, 4) is 0 Å². The maximum Gasteiger partial charge on any atom is 0.344 e. The molecule has 0 aromatic heterocycles. The minimum Gasteiger partial charge on any atom is -0.353 e. The zero-order valence-electron chi connectivity index (χ0n) is 16.9. The fourth-order valence-corrected chi connectivity index (χ4v) is 3.55. The average Bonchev–Trinajstić information content (AvgIpc) is 2.88. The van der Waals surface area contributed by atoms with Gasteiger partial charge in [0.2, 0.25) is 5.91 Å². The number of carbonyl (C=O) groups is 4. The lowest BCUT2D eigenvalue weighted by molar-refractivity contribution is -0.142. The van der Waals surface area contributed by atoms with Crippen LogP contribution in [0.2, 0.25) is 0 Å². The molecule has 1 atom stereocenters. The van der Waals surface area contributed by atoms with Gasteiger partial charge in [0.05, 0.1) is 12.1 Å². The first-order valence-corrected chi connectivity index (χ1v) is 9.67. The molecule has 0 saturated carbocycles. The molecule has 2 aliphatic rings. The maximum atomic E-state index is 12.8. The SMILES string of the molecule is CC1(CCc2ccccc2)NC(=O)N(NC(=O)CN2CCNC(=O)C2(C)C)C1=O. The van der Waals surface area contributed by atoms with E-state index in [2.05, 4.69) is 16.1 Å². The van der Waals surface area contributed by atoms with E-state index < -0.39 is 28.9 Å². The van der Waals surface area contributed by atoms with Crippen molar-refractivity contribution < 1.29 is 19.2 Å². The van der Waals surface area contributed by atoms with Gasteiger partial charge in [0.15, 0.2) is 0 Å². The maximum absolute atomic E-state index is 12.8. The van der Waals surface area contributed by atoms with E-state index in [9.17, 15) is 19.2 Å². The van der Waals surface area contributed by atoms with E-state index in [1.54, 1.807) is 25.7 Å². The average molecular weight is 401 g/mol. The van der Waals surface area contributed by atoms with Crippen LogP contribution < -0.4 is 16.1 Å². The first kappa shape index (κ1) is 20.8. The Bertz CT molecular complexity index is 825. The summed E-state index contributed by atoms with van der Waals surface area (Å²) in [5.74, 6) is -1.19. The van der Waals surface area contributed by atoms with E-state index in [1.807, 2.05) is 30.3 Å². The van der Waals surface area contributed by atoms with E-state index >= 15 is 0 Å². The van der Waals surface area contributed by atoms with Gasteiger partial charge in [-0.2, -0.15) is 5.01 Å². The molecule has 1 aromatic rings. The minimum absolute atomic E-state index is 0.0990. The lowest BCUT2D eigenvalue weighted by atomic mass is 9.93. The number of amides is 5. The lowest BCUT2D eigenvalue weighted by Crippen LogP contribution is -2.64. The van der Waals surface area contributed by atoms with Crippen molar-refractivity contribution >= 4 is 23.8 Å². The van der Waals surface area contributed by atoms with Gasteiger partial charge in [-0.15, -0.1) is 0 Å². The second-order valence-electron chi connectivity index (χ2n) is 8.16. The smallest absolute Gasteiger partial charge is 0.344 e. The van der Waals surface area contributed by atoms with Crippen LogP contribution in [0.3, 0.4) is 0 Å². The Morgan fingerprint density at radius 1 is 1.14 bits per heavy atom. The van der Waals surface area contributed by atoms with Crippen molar-refractivity contribution in [2.45, 2.75) is 44.7 Å². The number of hydrogen-bond donors (Lipinski definition) is 3. The fourth-order valence-electron chi connectivity index (χ4n) is 3.55. The zero-order chi connectivity index (χ0) is 21.2. The van der Waals surface area contributed by atoms with Crippen molar-refractivity contribution in [3.63, 3.8) is 0 Å². The number of benzene rings is 1. The summed E-state index contributed by atoms with van der Waals surface area (Å²) in [4.78, 5) is 51.4. The van der Waals surface area contributed by atoms with Crippen molar-refractivity contribution in [3.05, 3.63) is 35.9 Å². The van der Waals surface area contributed by atoms with Gasteiger partial charge in [-0.25, -0.2) is 4.79 Å². The van der Waals surface area contributed by atoms with E-state index in [0.29, 0.717) is 25.9 Å². The number of hydrazine groups is 1. The Morgan fingerprint density at radius 3 is 2.52 bits per heavy atom. The molecule has 3 rings (SSSR count). The summed E-state index contributed by atoms with van der Waals surface area (Å²) in [5, 5.41) is 6.18. The molecular weight excluding hydrogens is 374 g/mol. The Morgan fingerprint density at radius 2 is 1.83 bits per heavy atom. The molecular formula is C20H27N5O4. The number of aryl methyl sites for hydroxylation is 1. The molecule has 1 unspecified atom stereocenters. The standard InChI is InChI=1S/C20H27N5O4/c1-19(2)16(27)21-11-12-24(19)13-15(26)23-25-17(28)20(3,22-18(25)29)10-9-14-7-5-4-6-8-14/h4-8H,9-13H2,1-3H3,(H,21,27)(H,22,29)(H,23,26). The van der Waals surface area contributed by atoms with Crippen molar-refractivity contribution in [2.75, 3.05) is 19.6 Å². The van der Waals surface area contributed by atoms with Gasteiger partial charge < -0.3 is 10.6 Å². The molecule has 9 nitrogen and oxygen atoms in total. The first-order valence-electron chi connectivity index (χ1n) is 9.67. The zero-order valence-corrected chi connectivity index (χ0v) is 16.9. The molecule has 0 radical (unpaired) electrons. The molecule has 3 N–H and O–H groups in total. The summed E-state index contributed by atoms with van der Waals surface area (Å²) in [6, 6.07) is 9.01. The van der Waals surface area contributed by atoms with Gasteiger partial charge in [0.1, 0.15) is 5.54 Å². The molecule has 29 heavy (non-hydrogen) atoms. The van der Waals surface area contributed by atoms with E-state index in [4.69, 9.17) is 0 Å². The number of piperazine rings is 1. The van der Waals surface area contributed by atoms with Crippen molar-refractivity contribution in [2.24, 2.45) is 0 Å². The number of nitrogens with zero attached hydrogens (tertiary/aromatic N) is 2. The summed E-state index contributed by atoms with van der Waals surface area (Å²) in [5.41, 5.74) is 1.51. The predicted molar refractivity (Wildman–Crippen MR) is 105 cm³/mol. The Hall–Kier alpha value is -2.94. The molecule has 0 aliphatic carbocycles. The van der Waals surface area contributed by atoms with Crippen LogP contribution in [0.5, 0.6) is 0 Å². The van der Waals surface area contributed by atoms with E-state index in [1.165, 1.54) is 0 Å². The number of hydrogen-bond acceptors (Lipinski definition) is 5. The van der Waals surface area contributed by atoms with Gasteiger partial charge in [0.25, 0.3) is 11.8 Å². The largest absolute Gasteiger partial charge is 0.353 e. The molecule has 0 bridgehead atoms. The van der Waals surface area contributed by atoms with Crippen LogP contribution in [0.15, 0.2) is 30.3 Å². The highest BCUT2D eigenvalue weighted by Crippen LogP contribution is 2.22. The van der Waals surface area contributed by atoms with Gasteiger partial charge >= 0.3 is 6.03 Å². The molecule has 156 valence electrons. The summed E-state index contributed by atoms with van der Waals surface area (Å²) in [7, 11) is 0. The number of nitrogens with one attached hydrogen (secondary N) is 3. The van der Waals surface area contributed by atoms with E-state index in [-0.39, 0.29) is 12.5 Å². The molecule has 2 aliphatic heterocycles. The molecule has 9 heteroatoms. The van der Waals surface area contributed by atoms with Crippen LogP contribution >= 0.6 is 0 Å². The second-order valence-corrected chi connectivity index (χ2v) is 8.16. The summed E-state index contributed by atoms with van der Waals surface area (Å²) in [6.07, 6.45) is 1.02. The highest BCUT2D eigenvalue weighted by molar-refractivity contribution is 6.07. The third-order valence-corrected chi connectivity index (χ3v) is 5.60. The Labute approximate surface area is 169 Å². The molecule has 5 amide bonds. The van der Waals surface area contributed by atoms with Gasteiger partial charge in [-0.3, -0.25) is 24.7 Å². The highest BCUT2D eigenvalue weighted by Gasteiger charge is 2.48. The molecule has 1 aromatic carbocycles. The highest BCUT2D eigenvalue weighted by atomic mass is 16.2. The van der Waals surface area contributed by atoms with Crippen LogP contribution in [0.1, 0.15) is 32.8 Å². The quantitative estimate of drug-likeness (QED) is 0.589. The topological polar surface area (TPSA) is 111 Å². The van der Waals surface area contributed by atoms with E-state index in [0.717, 1.165) is 10.6 Å². The molecule has 2 saturated heterocycles. The van der Waals surface area contributed by atoms with Crippen LogP contribution in [0.25, 0.3) is 0 Å². The lowest BCUT2D eigenvalue weighted by Gasteiger charge is -2.40. The normalized spacial score (nSPS) is 24.2. The van der Waals surface area contributed by atoms with Crippen LogP contribution in [-0.4, -0.2) is 64.4 Å². The second kappa shape index (κ2) is 7.82.